The van der Waals surface area contributed by atoms with Crippen LogP contribution in [0.25, 0.3) is 17.2 Å². The second-order valence-electron chi connectivity index (χ2n) is 8.10. The predicted molar refractivity (Wildman–Crippen MR) is 121 cm³/mol. The van der Waals surface area contributed by atoms with Crippen molar-refractivity contribution in [2.75, 3.05) is 13.2 Å². The van der Waals surface area contributed by atoms with E-state index in [1.54, 1.807) is 48.1 Å². The van der Waals surface area contributed by atoms with E-state index >= 15 is 0 Å². The van der Waals surface area contributed by atoms with E-state index in [2.05, 4.69) is 9.72 Å². The molecule has 1 saturated heterocycles. The van der Waals surface area contributed by atoms with E-state index in [9.17, 15) is 24.1 Å². The van der Waals surface area contributed by atoms with E-state index in [1.807, 2.05) is 36.4 Å². The van der Waals surface area contributed by atoms with Gasteiger partial charge in [-0.1, -0.05) is 48.6 Å². The molecule has 4 unspecified atom stereocenters. The number of nitrogens with zero attached hydrogens (tertiary/aromatic N) is 2. The Labute approximate surface area is 195 Å². The minimum absolute atomic E-state index is 0.144. The number of hydrogen-bond donors (Lipinski definition) is 3. The maximum atomic E-state index is 13.7. The maximum absolute atomic E-state index is 13.7. The molecule has 3 N–H and O–H groups in total. The Hall–Kier alpha value is -3.11. The summed E-state index contributed by atoms with van der Waals surface area (Å²) in [5, 5.41) is 29.3. The fourth-order valence-electron chi connectivity index (χ4n) is 3.79. The van der Waals surface area contributed by atoms with Crippen LogP contribution in [-0.2, 0) is 4.74 Å². The average Bonchev–Trinajstić information content (AvgIpc) is 3.41. The van der Waals surface area contributed by atoms with Crippen LogP contribution < -0.4 is 4.74 Å². The van der Waals surface area contributed by atoms with Crippen LogP contribution in [-0.4, -0.2) is 56.4 Å². The molecular weight excluding hydrogens is 446 g/mol. The van der Waals surface area contributed by atoms with Gasteiger partial charge in [0.05, 0.1) is 19.3 Å². The molecule has 1 fully saturated rings. The van der Waals surface area contributed by atoms with Crippen LogP contribution in [0, 0.1) is 0 Å². The van der Waals surface area contributed by atoms with Crippen LogP contribution in [0.2, 0.25) is 0 Å². The van der Waals surface area contributed by atoms with Crippen molar-refractivity contribution in [1.29, 1.82) is 0 Å². The first-order chi connectivity index (χ1) is 16.3. The fraction of sp³-hybridized carbons (Fsp3) is 0.320. The van der Waals surface area contributed by atoms with Crippen molar-refractivity contribution in [1.82, 2.24) is 9.55 Å². The van der Waals surface area contributed by atoms with Gasteiger partial charge in [-0.25, -0.2) is 4.98 Å². The van der Waals surface area contributed by atoms with Crippen molar-refractivity contribution in [3.8, 4) is 16.9 Å². The molecule has 9 heteroatoms. The highest BCUT2D eigenvalue weighted by Gasteiger charge is 2.53. The van der Waals surface area contributed by atoms with Crippen molar-refractivity contribution in [2.45, 2.75) is 37.4 Å². The number of alkyl halides is 2. The number of aromatic nitrogens is 2. The quantitative estimate of drug-likeness (QED) is 0.464. The van der Waals surface area contributed by atoms with Crippen molar-refractivity contribution in [3.63, 3.8) is 0 Å². The highest BCUT2D eigenvalue weighted by molar-refractivity contribution is 5.66. The van der Waals surface area contributed by atoms with E-state index in [0.717, 1.165) is 16.7 Å². The Morgan fingerprint density at radius 2 is 1.82 bits per heavy atom. The average molecular weight is 472 g/mol. The minimum atomic E-state index is -3.54. The highest BCUT2D eigenvalue weighted by atomic mass is 19.3. The highest BCUT2D eigenvalue weighted by Crippen LogP contribution is 2.33. The van der Waals surface area contributed by atoms with Crippen molar-refractivity contribution < 1.29 is 33.6 Å². The molecule has 7 nitrogen and oxygen atoms in total. The van der Waals surface area contributed by atoms with Crippen LogP contribution in [0.1, 0.15) is 30.5 Å². The summed E-state index contributed by atoms with van der Waals surface area (Å²) in [5.74, 6) is 0.689. The van der Waals surface area contributed by atoms with Crippen molar-refractivity contribution in [2.24, 2.45) is 0 Å². The Morgan fingerprint density at radius 3 is 2.38 bits per heavy atom. The molecule has 2 heterocycles. The van der Waals surface area contributed by atoms with Gasteiger partial charge in [-0.15, -0.1) is 0 Å². The van der Waals surface area contributed by atoms with Crippen molar-refractivity contribution >= 4 is 6.08 Å². The van der Waals surface area contributed by atoms with Gasteiger partial charge in [0.2, 0.25) is 6.10 Å². The lowest BCUT2D eigenvalue weighted by molar-refractivity contribution is -0.243. The molecule has 0 aliphatic carbocycles. The normalized spacial score (nSPS) is 21.6. The van der Waals surface area contributed by atoms with Crippen LogP contribution >= 0.6 is 0 Å². The van der Waals surface area contributed by atoms with E-state index < -0.39 is 31.0 Å². The van der Waals surface area contributed by atoms with E-state index in [1.165, 1.54) is 0 Å². The third-order valence-electron chi connectivity index (χ3n) is 5.62. The molecule has 1 aromatic heterocycles. The topological polar surface area (TPSA) is 97.0 Å². The number of benzene rings is 2. The fourth-order valence-corrected chi connectivity index (χ4v) is 3.79. The van der Waals surface area contributed by atoms with E-state index in [0.29, 0.717) is 5.82 Å². The van der Waals surface area contributed by atoms with Crippen LogP contribution in [0.15, 0.2) is 67.0 Å². The van der Waals surface area contributed by atoms with Crippen LogP contribution in [0.4, 0.5) is 8.78 Å². The molecule has 2 aromatic carbocycles. The van der Waals surface area contributed by atoms with Gasteiger partial charge < -0.3 is 29.4 Å². The second kappa shape index (κ2) is 10.0. The number of rotatable bonds is 8. The van der Waals surface area contributed by atoms with Crippen LogP contribution in [0.5, 0.6) is 5.75 Å². The van der Waals surface area contributed by atoms with Gasteiger partial charge in [-0.2, -0.15) is 8.78 Å². The molecule has 1 aliphatic heterocycles. The predicted octanol–water partition coefficient (Wildman–Crippen LogP) is 3.58. The standard InChI is InChI=1S/C25H26F2N2O5/c1-16(31)24-28-12-13-29(24)20(14-30)9-4-17-2-5-18(6-3-17)19-7-10-21(11-8-19)34-23-22(32)15-33-25(23,26)27/h2-13,16,20,22-23,30-32H,14-15H2,1H3/b9-4+. The van der Waals surface area contributed by atoms with E-state index in [-0.39, 0.29) is 18.4 Å². The van der Waals surface area contributed by atoms with Crippen molar-refractivity contribution in [3.05, 3.63) is 78.4 Å². The zero-order chi connectivity index (χ0) is 24.3. The summed E-state index contributed by atoms with van der Waals surface area (Å²) >= 11 is 0. The van der Waals surface area contributed by atoms with Crippen LogP contribution in [0.3, 0.4) is 0 Å². The SMILES string of the molecule is CC(O)c1nccn1C(/C=C/c1ccc(-c2ccc(OC3C(O)COC3(F)F)cc2)cc1)CO. The molecule has 180 valence electrons. The Balaban J connectivity index is 1.42. The first kappa shape index (κ1) is 24.0. The number of imidazole rings is 1. The molecule has 0 spiro atoms. The molecule has 0 radical (unpaired) electrons. The summed E-state index contributed by atoms with van der Waals surface area (Å²) in [7, 11) is 0. The minimum Gasteiger partial charge on any atom is -0.478 e. The molecule has 34 heavy (non-hydrogen) atoms. The molecule has 4 atom stereocenters. The molecule has 0 bridgehead atoms. The second-order valence-corrected chi connectivity index (χ2v) is 8.10. The summed E-state index contributed by atoms with van der Waals surface area (Å²) in [4.78, 5) is 4.13. The largest absolute Gasteiger partial charge is 0.478 e. The number of aliphatic hydroxyl groups excluding tert-OH is 3. The molecule has 0 saturated carbocycles. The van der Waals surface area contributed by atoms with Gasteiger partial charge in [0, 0.05) is 12.4 Å². The smallest absolute Gasteiger partial charge is 0.395 e. The summed E-state index contributed by atoms with van der Waals surface area (Å²) in [5.41, 5.74) is 2.70. The van der Waals surface area contributed by atoms with Gasteiger partial charge in [0.15, 0.2) is 0 Å². The number of aliphatic hydroxyl groups is 3. The van der Waals surface area contributed by atoms with Gasteiger partial charge in [0.25, 0.3) is 0 Å². The number of hydrogen-bond acceptors (Lipinski definition) is 6. The van der Waals surface area contributed by atoms with Gasteiger partial charge >= 0.3 is 6.11 Å². The summed E-state index contributed by atoms with van der Waals surface area (Å²) < 4.78 is 38.6. The molecule has 0 amide bonds. The molecule has 4 rings (SSSR count). The number of halogens is 2. The van der Waals surface area contributed by atoms with E-state index in [4.69, 9.17) is 4.74 Å². The van der Waals surface area contributed by atoms with Gasteiger partial charge in [0.1, 0.15) is 23.8 Å². The lowest BCUT2D eigenvalue weighted by Gasteiger charge is -2.20. The molecule has 3 aromatic rings. The number of ether oxygens (including phenoxy) is 2. The summed E-state index contributed by atoms with van der Waals surface area (Å²) in [6, 6.07) is 14.0. The third kappa shape index (κ3) is 5.18. The molecule has 1 aliphatic rings. The molecular formula is C25H26F2N2O5. The maximum Gasteiger partial charge on any atom is 0.395 e. The zero-order valence-corrected chi connectivity index (χ0v) is 18.5. The first-order valence-electron chi connectivity index (χ1n) is 10.9. The third-order valence-corrected chi connectivity index (χ3v) is 5.62. The Kier molecular flexibility index (Phi) is 7.08. The van der Waals surface area contributed by atoms with Gasteiger partial charge in [-0.3, -0.25) is 0 Å². The zero-order valence-electron chi connectivity index (χ0n) is 18.5. The monoisotopic (exact) mass is 472 g/mol. The lowest BCUT2D eigenvalue weighted by Crippen LogP contribution is -2.40. The van der Waals surface area contributed by atoms with Gasteiger partial charge in [-0.05, 0) is 35.7 Å². The first-order valence-corrected chi connectivity index (χ1v) is 10.9. The summed E-state index contributed by atoms with van der Waals surface area (Å²) in [6.07, 6.45) is -0.411. The lowest BCUT2D eigenvalue weighted by atomic mass is 10.0. The summed E-state index contributed by atoms with van der Waals surface area (Å²) in [6.45, 7) is 1.00. The Morgan fingerprint density at radius 1 is 1.18 bits per heavy atom. The Bertz CT molecular complexity index is 1110.